The average molecular weight is 440 g/mol. The second-order valence-electron chi connectivity index (χ2n) is 6.93. The molecule has 1 heterocycles. The Kier molecular flexibility index (Phi) is 7.52. The first-order valence-corrected chi connectivity index (χ1v) is 11.0. The van der Waals surface area contributed by atoms with E-state index in [4.69, 9.17) is 9.47 Å². The van der Waals surface area contributed by atoms with Gasteiger partial charge in [0.15, 0.2) is 5.57 Å². The molecule has 0 bridgehead atoms. The monoisotopic (exact) mass is 439 g/mol. The Morgan fingerprint density at radius 1 is 0.935 bits per heavy atom. The van der Waals surface area contributed by atoms with Crippen molar-refractivity contribution in [3.05, 3.63) is 76.3 Å². The molecule has 1 atom stereocenters. The molecule has 31 heavy (non-hydrogen) atoms. The number of nitrogens with zero attached hydrogens (tertiary/aromatic N) is 1. The molecule has 0 spiro atoms. The van der Waals surface area contributed by atoms with Gasteiger partial charge < -0.3 is 9.47 Å². The lowest BCUT2D eigenvalue weighted by atomic mass is 10.1. The van der Waals surface area contributed by atoms with Crippen molar-refractivity contribution >= 4 is 35.3 Å². The lowest BCUT2D eigenvalue weighted by molar-refractivity contribution is -0.146. The first-order chi connectivity index (χ1) is 15.0. The topological polar surface area (TPSA) is 72.9 Å². The van der Waals surface area contributed by atoms with Crippen LogP contribution in [0.4, 0.5) is 5.69 Å². The minimum atomic E-state index is -0.798. The number of carbonyl (C=O) groups is 3. The molecular formula is C24H25NO5S. The van der Waals surface area contributed by atoms with E-state index < -0.39 is 17.2 Å². The van der Waals surface area contributed by atoms with Gasteiger partial charge in [-0.1, -0.05) is 59.8 Å². The van der Waals surface area contributed by atoms with Gasteiger partial charge in [0.1, 0.15) is 5.03 Å². The highest BCUT2D eigenvalue weighted by Crippen LogP contribution is 2.42. The second kappa shape index (κ2) is 10.3. The van der Waals surface area contributed by atoms with Crippen molar-refractivity contribution in [1.29, 1.82) is 0 Å². The van der Waals surface area contributed by atoms with Crippen molar-refractivity contribution in [2.75, 3.05) is 18.1 Å². The van der Waals surface area contributed by atoms with Gasteiger partial charge in [0.05, 0.1) is 18.5 Å². The maximum atomic E-state index is 13.4. The van der Waals surface area contributed by atoms with Gasteiger partial charge in [-0.2, -0.15) is 0 Å². The highest BCUT2D eigenvalue weighted by Gasteiger charge is 2.43. The molecule has 6 nitrogen and oxygen atoms in total. The first-order valence-electron chi connectivity index (χ1n) is 10.2. The van der Waals surface area contributed by atoms with Gasteiger partial charge in [-0.3, -0.25) is 9.69 Å². The molecule has 2 aromatic rings. The fourth-order valence-corrected chi connectivity index (χ4v) is 4.54. The normalized spacial score (nSPS) is 15.7. The van der Waals surface area contributed by atoms with Crippen molar-refractivity contribution in [3.8, 4) is 0 Å². The molecule has 7 heteroatoms. The van der Waals surface area contributed by atoms with E-state index in [0.717, 1.165) is 11.1 Å². The molecule has 0 aromatic heterocycles. The summed E-state index contributed by atoms with van der Waals surface area (Å²) in [7, 11) is 0. The highest BCUT2D eigenvalue weighted by atomic mass is 32.2. The summed E-state index contributed by atoms with van der Waals surface area (Å²) in [4.78, 5) is 40.2. The van der Waals surface area contributed by atoms with E-state index in [2.05, 4.69) is 0 Å². The van der Waals surface area contributed by atoms with Crippen LogP contribution in [0.3, 0.4) is 0 Å². The Balaban J connectivity index is 2.07. The fourth-order valence-electron chi connectivity index (χ4n) is 3.21. The number of amides is 1. The van der Waals surface area contributed by atoms with Gasteiger partial charge in [-0.25, -0.2) is 9.59 Å². The number of rotatable bonds is 7. The van der Waals surface area contributed by atoms with E-state index in [0.29, 0.717) is 12.1 Å². The summed E-state index contributed by atoms with van der Waals surface area (Å²) in [5.74, 6) is -1.79. The largest absolute Gasteiger partial charge is 0.462 e. The summed E-state index contributed by atoms with van der Waals surface area (Å²) in [5, 5.41) is -0.248. The number of carbonyl (C=O) groups excluding carboxylic acids is 3. The van der Waals surface area contributed by atoms with Gasteiger partial charge in [0, 0.05) is 5.69 Å². The molecule has 1 saturated heterocycles. The number of hydrogen-bond acceptors (Lipinski definition) is 6. The Morgan fingerprint density at radius 3 is 2.06 bits per heavy atom. The van der Waals surface area contributed by atoms with Crippen LogP contribution in [0.25, 0.3) is 0 Å². The number of hydrogen-bond donors (Lipinski definition) is 0. The number of esters is 2. The zero-order chi connectivity index (χ0) is 22.4. The number of aryl methyl sites for hydroxylation is 1. The predicted molar refractivity (Wildman–Crippen MR) is 120 cm³/mol. The minimum Gasteiger partial charge on any atom is -0.462 e. The Labute approximate surface area is 186 Å². The Bertz CT molecular complexity index is 965. The number of ether oxygens (including phenoxy) is 2. The van der Waals surface area contributed by atoms with Gasteiger partial charge >= 0.3 is 11.9 Å². The van der Waals surface area contributed by atoms with Crippen LogP contribution < -0.4 is 4.90 Å². The van der Waals surface area contributed by atoms with Crippen LogP contribution in [0.15, 0.2) is 65.2 Å². The molecule has 162 valence electrons. The standard InChI is InChI=1S/C24H25NO5S/c1-4-29-23(27)20(24(28)30-5-2)22-25(18-9-7-6-8-10-18)21(26)19(31-22)15-17-13-11-16(3)12-14-17/h6-14,19H,4-5,15H2,1-3H3. The molecule has 0 saturated carbocycles. The lowest BCUT2D eigenvalue weighted by Crippen LogP contribution is -2.32. The quantitative estimate of drug-likeness (QED) is 0.281. The van der Waals surface area contributed by atoms with Gasteiger partial charge in [0.25, 0.3) is 0 Å². The summed E-state index contributed by atoms with van der Waals surface area (Å²) in [6, 6.07) is 16.9. The molecule has 1 aliphatic rings. The molecule has 1 aliphatic heterocycles. The van der Waals surface area contributed by atoms with E-state index in [1.165, 1.54) is 16.7 Å². The second-order valence-corrected chi connectivity index (χ2v) is 8.12. The third-order valence-electron chi connectivity index (χ3n) is 4.68. The molecule has 1 amide bonds. The van der Waals surface area contributed by atoms with Crippen molar-refractivity contribution in [1.82, 2.24) is 0 Å². The zero-order valence-electron chi connectivity index (χ0n) is 17.8. The van der Waals surface area contributed by atoms with Crippen molar-refractivity contribution in [3.63, 3.8) is 0 Å². The van der Waals surface area contributed by atoms with Crippen LogP contribution in [-0.2, 0) is 30.3 Å². The molecule has 1 unspecified atom stereocenters. The summed E-state index contributed by atoms with van der Waals surface area (Å²) >= 11 is 1.19. The van der Waals surface area contributed by atoms with Crippen LogP contribution >= 0.6 is 11.8 Å². The van der Waals surface area contributed by atoms with E-state index in [9.17, 15) is 14.4 Å². The van der Waals surface area contributed by atoms with Crippen LogP contribution in [-0.4, -0.2) is 36.3 Å². The lowest BCUT2D eigenvalue weighted by Gasteiger charge is -2.19. The molecule has 0 N–H and O–H groups in total. The SMILES string of the molecule is CCOC(=O)C(C(=O)OCC)=C1SC(Cc2ccc(C)cc2)C(=O)N1c1ccccc1. The van der Waals surface area contributed by atoms with Crippen LogP contribution in [0.1, 0.15) is 25.0 Å². The fraction of sp³-hybridized carbons (Fsp3) is 0.292. The maximum absolute atomic E-state index is 13.4. The third kappa shape index (κ3) is 5.17. The third-order valence-corrected chi connectivity index (χ3v) is 5.94. The molecule has 2 aromatic carbocycles. The molecule has 0 radical (unpaired) electrons. The van der Waals surface area contributed by atoms with Crippen LogP contribution in [0.5, 0.6) is 0 Å². The van der Waals surface area contributed by atoms with Crippen molar-refractivity contribution < 1.29 is 23.9 Å². The number of para-hydroxylation sites is 1. The zero-order valence-corrected chi connectivity index (χ0v) is 18.6. The number of anilines is 1. The van der Waals surface area contributed by atoms with Crippen LogP contribution in [0, 0.1) is 6.92 Å². The van der Waals surface area contributed by atoms with Gasteiger partial charge in [-0.05, 0) is 44.9 Å². The molecule has 3 rings (SSSR count). The van der Waals surface area contributed by atoms with Crippen molar-refractivity contribution in [2.24, 2.45) is 0 Å². The number of benzene rings is 2. The van der Waals surface area contributed by atoms with Crippen molar-refractivity contribution in [2.45, 2.75) is 32.4 Å². The minimum absolute atomic E-state index is 0.103. The predicted octanol–water partition coefficient (Wildman–Crippen LogP) is 4.02. The first kappa shape index (κ1) is 22.6. The molecule has 0 aliphatic carbocycles. The van der Waals surface area contributed by atoms with E-state index >= 15 is 0 Å². The summed E-state index contributed by atoms with van der Waals surface area (Å²) in [6.45, 7) is 5.53. The Hall–Kier alpha value is -3.06. The van der Waals surface area contributed by atoms with E-state index in [1.54, 1.807) is 38.1 Å². The van der Waals surface area contributed by atoms with Gasteiger partial charge in [-0.15, -0.1) is 0 Å². The van der Waals surface area contributed by atoms with E-state index in [1.807, 2.05) is 37.3 Å². The smallest absolute Gasteiger partial charge is 0.348 e. The van der Waals surface area contributed by atoms with E-state index in [-0.39, 0.29) is 29.7 Å². The average Bonchev–Trinajstić information content (AvgIpc) is 3.06. The summed E-state index contributed by atoms with van der Waals surface area (Å²) in [6.07, 6.45) is 0.468. The van der Waals surface area contributed by atoms with Gasteiger partial charge in [0.2, 0.25) is 5.91 Å². The maximum Gasteiger partial charge on any atom is 0.348 e. The highest BCUT2D eigenvalue weighted by molar-refractivity contribution is 8.05. The van der Waals surface area contributed by atoms with Crippen LogP contribution in [0.2, 0.25) is 0 Å². The summed E-state index contributed by atoms with van der Waals surface area (Å²) in [5.41, 5.74) is 2.46. The number of thioether (sulfide) groups is 1. The molecular weight excluding hydrogens is 414 g/mol. The Morgan fingerprint density at radius 2 is 1.52 bits per heavy atom. The molecule has 1 fully saturated rings. The summed E-state index contributed by atoms with van der Waals surface area (Å²) < 4.78 is 10.2.